The molecule has 0 bridgehead atoms. The number of benzene rings is 2. The molecule has 22 heavy (non-hydrogen) atoms. The summed E-state index contributed by atoms with van der Waals surface area (Å²) < 4.78 is 18.7. The van der Waals surface area contributed by atoms with Crippen LogP contribution in [0.2, 0.25) is 10.0 Å². The number of hydrogen-bond acceptors (Lipinski definition) is 3. The number of rotatable bonds is 5. The lowest BCUT2D eigenvalue weighted by molar-refractivity contribution is -0.114. The van der Waals surface area contributed by atoms with E-state index in [0.29, 0.717) is 16.5 Å². The molecule has 0 heterocycles. The molecule has 4 nitrogen and oxygen atoms in total. The summed E-state index contributed by atoms with van der Waals surface area (Å²) in [6.07, 6.45) is 0. The zero-order valence-corrected chi connectivity index (χ0v) is 13.1. The van der Waals surface area contributed by atoms with Gasteiger partial charge in [-0.3, -0.25) is 4.79 Å². The lowest BCUT2D eigenvalue weighted by atomic mass is 10.3. The molecule has 0 aliphatic rings. The van der Waals surface area contributed by atoms with Gasteiger partial charge in [0.2, 0.25) is 5.91 Å². The molecule has 2 N–H and O–H groups in total. The molecule has 2 aromatic carbocycles. The summed E-state index contributed by atoms with van der Waals surface area (Å²) in [5.41, 5.74) is 0.635. The minimum Gasteiger partial charge on any atom is -0.495 e. The van der Waals surface area contributed by atoms with E-state index in [1.165, 1.54) is 25.3 Å². The molecule has 0 aromatic heterocycles. The van der Waals surface area contributed by atoms with E-state index in [9.17, 15) is 9.18 Å². The highest BCUT2D eigenvalue weighted by molar-refractivity contribution is 6.31. The first-order valence-electron chi connectivity index (χ1n) is 6.32. The van der Waals surface area contributed by atoms with Crippen LogP contribution in [0.3, 0.4) is 0 Å². The van der Waals surface area contributed by atoms with Gasteiger partial charge in [0.25, 0.3) is 0 Å². The van der Waals surface area contributed by atoms with Crippen LogP contribution in [0.25, 0.3) is 0 Å². The van der Waals surface area contributed by atoms with Crippen LogP contribution in [0.5, 0.6) is 5.75 Å². The van der Waals surface area contributed by atoms with Crippen LogP contribution >= 0.6 is 23.2 Å². The standard InChI is InChI=1S/C15H13Cl2FN2O2/c1-22-14-5-3-10(17)7-13(14)20-15(21)8-19-12-4-2-9(16)6-11(12)18/h2-7,19H,8H2,1H3,(H,20,21). The van der Waals surface area contributed by atoms with E-state index in [0.717, 1.165) is 0 Å². The van der Waals surface area contributed by atoms with E-state index < -0.39 is 5.82 Å². The molecule has 0 radical (unpaired) electrons. The third kappa shape index (κ3) is 4.26. The van der Waals surface area contributed by atoms with E-state index >= 15 is 0 Å². The average Bonchev–Trinajstić information content (AvgIpc) is 2.46. The smallest absolute Gasteiger partial charge is 0.243 e. The molecule has 0 saturated carbocycles. The molecule has 0 atom stereocenters. The van der Waals surface area contributed by atoms with Crippen LogP contribution < -0.4 is 15.4 Å². The molecule has 7 heteroatoms. The maximum absolute atomic E-state index is 13.6. The molecule has 0 aliphatic carbocycles. The highest BCUT2D eigenvalue weighted by atomic mass is 35.5. The van der Waals surface area contributed by atoms with Gasteiger partial charge in [-0.05, 0) is 36.4 Å². The Morgan fingerprint density at radius 1 is 1.14 bits per heavy atom. The number of nitrogens with one attached hydrogen (secondary N) is 2. The van der Waals surface area contributed by atoms with Crippen molar-refractivity contribution in [3.8, 4) is 5.75 Å². The molecule has 116 valence electrons. The van der Waals surface area contributed by atoms with Gasteiger partial charge in [-0.25, -0.2) is 4.39 Å². The molecule has 0 saturated heterocycles. The third-order valence-corrected chi connectivity index (χ3v) is 3.28. The Labute approximate surface area is 137 Å². The zero-order valence-electron chi connectivity index (χ0n) is 11.6. The van der Waals surface area contributed by atoms with Gasteiger partial charge < -0.3 is 15.4 Å². The largest absolute Gasteiger partial charge is 0.495 e. The first kappa shape index (κ1) is 16.4. The second-order valence-electron chi connectivity index (χ2n) is 4.37. The van der Waals surface area contributed by atoms with Gasteiger partial charge in [0.1, 0.15) is 11.6 Å². The Kier molecular flexibility index (Phi) is 5.46. The topological polar surface area (TPSA) is 50.4 Å². The summed E-state index contributed by atoms with van der Waals surface area (Å²) in [4.78, 5) is 11.9. The molecule has 2 aromatic rings. The summed E-state index contributed by atoms with van der Waals surface area (Å²) in [5.74, 6) is -0.411. The number of halogens is 3. The van der Waals surface area contributed by atoms with E-state index in [2.05, 4.69) is 10.6 Å². The Morgan fingerprint density at radius 3 is 2.50 bits per heavy atom. The maximum atomic E-state index is 13.6. The van der Waals surface area contributed by atoms with E-state index in [1.807, 2.05) is 0 Å². The van der Waals surface area contributed by atoms with Crippen molar-refractivity contribution in [1.82, 2.24) is 0 Å². The molecule has 0 spiro atoms. The molecular formula is C15H13Cl2FN2O2. The van der Waals surface area contributed by atoms with E-state index in [4.69, 9.17) is 27.9 Å². The second-order valence-corrected chi connectivity index (χ2v) is 5.24. The summed E-state index contributed by atoms with van der Waals surface area (Å²) in [7, 11) is 1.49. The van der Waals surface area contributed by atoms with Gasteiger partial charge in [-0.15, -0.1) is 0 Å². The van der Waals surface area contributed by atoms with Crippen LogP contribution in [-0.2, 0) is 4.79 Å². The first-order valence-corrected chi connectivity index (χ1v) is 7.07. The predicted molar refractivity (Wildman–Crippen MR) is 86.5 cm³/mol. The number of methoxy groups -OCH3 is 1. The monoisotopic (exact) mass is 342 g/mol. The van der Waals surface area contributed by atoms with Crippen LogP contribution in [0.1, 0.15) is 0 Å². The summed E-state index contributed by atoms with van der Waals surface area (Å²) in [6.45, 7) is -0.117. The van der Waals surface area contributed by atoms with Gasteiger partial charge in [0, 0.05) is 10.0 Å². The zero-order chi connectivity index (χ0) is 16.1. The summed E-state index contributed by atoms with van der Waals surface area (Å²) in [6, 6.07) is 9.03. The minimum absolute atomic E-state index is 0.117. The van der Waals surface area contributed by atoms with Gasteiger partial charge in [0.15, 0.2) is 0 Å². The maximum Gasteiger partial charge on any atom is 0.243 e. The summed E-state index contributed by atoms with van der Waals surface area (Å²) in [5, 5.41) is 6.09. The van der Waals surface area contributed by atoms with Crippen molar-refractivity contribution in [1.29, 1.82) is 0 Å². The fourth-order valence-corrected chi connectivity index (χ4v) is 2.11. The normalized spacial score (nSPS) is 10.2. The van der Waals surface area contributed by atoms with Crippen molar-refractivity contribution in [3.63, 3.8) is 0 Å². The molecule has 1 amide bonds. The van der Waals surface area contributed by atoms with E-state index in [-0.39, 0.29) is 23.2 Å². The SMILES string of the molecule is COc1ccc(Cl)cc1NC(=O)CNc1ccc(Cl)cc1F. The number of amides is 1. The van der Waals surface area contributed by atoms with Gasteiger partial charge in [-0.1, -0.05) is 23.2 Å². The van der Waals surface area contributed by atoms with Crippen molar-refractivity contribution >= 4 is 40.5 Å². The summed E-state index contributed by atoms with van der Waals surface area (Å²) >= 11 is 11.5. The molecule has 0 unspecified atom stereocenters. The lowest BCUT2D eigenvalue weighted by Gasteiger charge is -2.12. The molecule has 0 aliphatic heterocycles. The first-order chi connectivity index (χ1) is 10.5. The van der Waals surface area contributed by atoms with Crippen molar-refractivity contribution in [3.05, 3.63) is 52.3 Å². The van der Waals surface area contributed by atoms with Crippen molar-refractivity contribution in [2.75, 3.05) is 24.3 Å². The average molecular weight is 343 g/mol. The minimum atomic E-state index is -0.527. The van der Waals surface area contributed by atoms with Crippen molar-refractivity contribution in [2.24, 2.45) is 0 Å². The predicted octanol–water partition coefficient (Wildman–Crippen LogP) is 4.19. The van der Waals surface area contributed by atoms with Crippen LogP contribution in [0, 0.1) is 5.82 Å². The van der Waals surface area contributed by atoms with Crippen LogP contribution in [0.15, 0.2) is 36.4 Å². The van der Waals surface area contributed by atoms with Gasteiger partial charge in [0.05, 0.1) is 25.0 Å². The number of hydrogen-bond donors (Lipinski definition) is 2. The van der Waals surface area contributed by atoms with Crippen LogP contribution in [-0.4, -0.2) is 19.6 Å². The lowest BCUT2D eigenvalue weighted by Crippen LogP contribution is -2.22. The number of carbonyl (C=O) groups excluding carboxylic acids is 1. The molecule has 2 rings (SSSR count). The van der Waals surface area contributed by atoms with Crippen molar-refractivity contribution < 1.29 is 13.9 Å². The number of carbonyl (C=O) groups is 1. The fraction of sp³-hybridized carbons (Fsp3) is 0.133. The Morgan fingerprint density at radius 2 is 1.82 bits per heavy atom. The fourth-order valence-electron chi connectivity index (χ4n) is 1.78. The quantitative estimate of drug-likeness (QED) is 0.856. The van der Waals surface area contributed by atoms with Crippen molar-refractivity contribution in [2.45, 2.75) is 0 Å². The highest BCUT2D eigenvalue weighted by Crippen LogP contribution is 2.27. The molecule has 0 fully saturated rings. The van der Waals surface area contributed by atoms with Gasteiger partial charge >= 0.3 is 0 Å². The molecular weight excluding hydrogens is 330 g/mol. The Hall–Kier alpha value is -1.98. The second kappa shape index (κ2) is 7.33. The van der Waals surface area contributed by atoms with Crippen LogP contribution in [0.4, 0.5) is 15.8 Å². The third-order valence-electron chi connectivity index (χ3n) is 2.81. The number of anilines is 2. The number of ether oxygens (including phenoxy) is 1. The van der Waals surface area contributed by atoms with E-state index in [1.54, 1.807) is 18.2 Å². The van der Waals surface area contributed by atoms with Gasteiger partial charge in [-0.2, -0.15) is 0 Å². The highest BCUT2D eigenvalue weighted by Gasteiger charge is 2.09. The Balaban J connectivity index is 2.00. The Bertz CT molecular complexity index is 695.